The van der Waals surface area contributed by atoms with Crippen molar-refractivity contribution in [2.24, 2.45) is 0 Å². The van der Waals surface area contributed by atoms with E-state index in [4.69, 9.17) is 9.47 Å². The molecule has 0 bridgehead atoms. The molecule has 2 heterocycles. The average molecular weight is 397 g/mol. The van der Waals surface area contributed by atoms with E-state index in [0.717, 1.165) is 0 Å². The van der Waals surface area contributed by atoms with Gasteiger partial charge in [0.15, 0.2) is 11.6 Å². The third-order valence-electron chi connectivity index (χ3n) is 4.61. The maximum atomic E-state index is 11.8. The number of nitro groups is 1. The quantitative estimate of drug-likeness (QED) is 0.508. The number of hydrogen-bond acceptors (Lipinski definition) is 6. The highest BCUT2D eigenvalue weighted by Gasteiger charge is 2.33. The van der Waals surface area contributed by atoms with Crippen molar-refractivity contribution in [3.63, 3.8) is 0 Å². The lowest BCUT2D eigenvalue weighted by molar-refractivity contribution is -0.384. The van der Waals surface area contributed by atoms with E-state index in [9.17, 15) is 19.7 Å². The van der Waals surface area contributed by atoms with E-state index in [0.29, 0.717) is 29.0 Å². The molecule has 0 spiro atoms. The van der Waals surface area contributed by atoms with E-state index in [1.165, 1.54) is 18.2 Å². The molecule has 0 saturated heterocycles. The monoisotopic (exact) mass is 397 g/mol. The summed E-state index contributed by atoms with van der Waals surface area (Å²) in [7, 11) is 0. The van der Waals surface area contributed by atoms with Crippen molar-refractivity contribution in [1.82, 2.24) is 0 Å². The second kappa shape index (κ2) is 7.31. The molecule has 0 amide bonds. The van der Waals surface area contributed by atoms with Crippen LogP contribution < -0.4 is 9.47 Å². The third-order valence-corrected chi connectivity index (χ3v) is 4.61. The lowest BCUT2D eigenvalue weighted by Gasteiger charge is -2.31. The van der Waals surface area contributed by atoms with E-state index in [-0.39, 0.29) is 29.3 Å². The first-order valence-corrected chi connectivity index (χ1v) is 9.29. The Morgan fingerprint density at radius 2 is 1.34 bits per heavy atom. The molecule has 0 radical (unpaired) electrons. The first kappa shape index (κ1) is 20.5. The van der Waals surface area contributed by atoms with Crippen LogP contribution in [-0.4, -0.2) is 27.7 Å². The van der Waals surface area contributed by atoms with Crippen LogP contribution in [0.5, 0.6) is 11.5 Å². The summed E-state index contributed by atoms with van der Waals surface area (Å²) in [5, 5.41) is 10.6. The maximum absolute atomic E-state index is 11.8. The average Bonchev–Trinajstić information content (AvgIpc) is 2.60. The summed E-state index contributed by atoms with van der Waals surface area (Å²) >= 11 is 0. The number of fused-ring (bicyclic) bond motifs is 2. The van der Waals surface area contributed by atoms with Crippen molar-refractivity contribution in [3.05, 3.63) is 63.7 Å². The smallest absolute Gasteiger partial charge is 0.270 e. The maximum Gasteiger partial charge on any atom is 0.270 e. The minimum atomic E-state index is -0.541. The van der Waals surface area contributed by atoms with Crippen LogP contribution in [0.2, 0.25) is 0 Å². The highest BCUT2D eigenvalue weighted by atomic mass is 16.6. The van der Waals surface area contributed by atoms with Crippen LogP contribution in [-0.2, 0) is 0 Å². The molecule has 7 heteroatoms. The molecule has 4 rings (SSSR count). The molecule has 2 aliphatic rings. The van der Waals surface area contributed by atoms with E-state index in [2.05, 4.69) is 0 Å². The minimum absolute atomic E-state index is 0.0876. The summed E-state index contributed by atoms with van der Waals surface area (Å²) in [4.78, 5) is 33.4. The number of nitrogens with zero attached hydrogens (tertiary/aromatic N) is 1. The summed E-state index contributed by atoms with van der Waals surface area (Å²) in [5.41, 5.74) is 0.0248. The number of benzene rings is 2. The molecule has 0 N–H and O–H groups in total. The van der Waals surface area contributed by atoms with Gasteiger partial charge in [0.1, 0.15) is 22.7 Å². The Balaban J connectivity index is 0.000000169. The molecule has 152 valence electrons. The summed E-state index contributed by atoms with van der Waals surface area (Å²) < 4.78 is 11.2. The van der Waals surface area contributed by atoms with Gasteiger partial charge in [0.25, 0.3) is 5.69 Å². The van der Waals surface area contributed by atoms with Crippen LogP contribution in [0.15, 0.2) is 42.5 Å². The van der Waals surface area contributed by atoms with Crippen molar-refractivity contribution >= 4 is 17.3 Å². The zero-order chi connectivity index (χ0) is 21.4. The molecule has 0 atom stereocenters. The van der Waals surface area contributed by atoms with Gasteiger partial charge in [0.2, 0.25) is 0 Å². The minimum Gasteiger partial charge on any atom is -0.487 e. The Hall–Kier alpha value is -3.22. The molecule has 0 unspecified atom stereocenters. The topological polar surface area (TPSA) is 95.7 Å². The number of hydrogen-bond donors (Lipinski definition) is 0. The van der Waals surface area contributed by atoms with Gasteiger partial charge in [-0.05, 0) is 45.9 Å². The van der Waals surface area contributed by atoms with Gasteiger partial charge in [-0.25, -0.2) is 0 Å². The summed E-state index contributed by atoms with van der Waals surface area (Å²) in [6.07, 6.45) is 0.700. The zero-order valence-electron chi connectivity index (χ0n) is 16.9. The Kier molecular flexibility index (Phi) is 5.17. The third kappa shape index (κ3) is 4.62. The van der Waals surface area contributed by atoms with Gasteiger partial charge in [-0.1, -0.05) is 12.1 Å². The number of para-hydroxylation sites is 1. The number of Topliss-reactive ketones (excluding diaryl/α,β-unsaturated/α-hetero) is 2. The van der Waals surface area contributed by atoms with Gasteiger partial charge in [0, 0.05) is 12.1 Å². The van der Waals surface area contributed by atoms with Crippen molar-refractivity contribution in [2.75, 3.05) is 0 Å². The molecule has 0 fully saturated rings. The molecule has 2 aromatic rings. The Bertz CT molecular complexity index is 993. The van der Waals surface area contributed by atoms with Gasteiger partial charge in [-0.3, -0.25) is 19.7 Å². The number of carbonyl (C=O) groups excluding carboxylic acids is 2. The Labute approximate surface area is 168 Å². The number of rotatable bonds is 1. The predicted octanol–water partition coefficient (Wildman–Crippen LogP) is 4.77. The molecule has 0 aliphatic carbocycles. The fraction of sp³-hybridized carbons (Fsp3) is 0.364. The largest absolute Gasteiger partial charge is 0.487 e. The number of ketones is 2. The van der Waals surface area contributed by atoms with Gasteiger partial charge in [-0.2, -0.15) is 0 Å². The lowest BCUT2D eigenvalue weighted by atomic mass is 9.93. The Morgan fingerprint density at radius 1 is 0.828 bits per heavy atom. The Morgan fingerprint density at radius 3 is 1.93 bits per heavy atom. The van der Waals surface area contributed by atoms with Crippen LogP contribution in [0.1, 0.15) is 61.3 Å². The zero-order valence-corrected chi connectivity index (χ0v) is 16.9. The van der Waals surface area contributed by atoms with Crippen LogP contribution in [0.4, 0.5) is 5.69 Å². The molecule has 2 aliphatic heterocycles. The molecule has 2 aromatic carbocycles. The first-order chi connectivity index (χ1) is 13.5. The van der Waals surface area contributed by atoms with Crippen molar-refractivity contribution in [3.8, 4) is 11.5 Å². The van der Waals surface area contributed by atoms with E-state index >= 15 is 0 Å². The highest BCUT2D eigenvalue weighted by Crippen LogP contribution is 2.35. The number of nitro benzene ring substituents is 1. The van der Waals surface area contributed by atoms with Crippen molar-refractivity contribution in [2.45, 2.75) is 51.7 Å². The number of carbonyl (C=O) groups is 2. The lowest BCUT2D eigenvalue weighted by Crippen LogP contribution is -2.35. The van der Waals surface area contributed by atoms with E-state index in [1.807, 2.05) is 52.0 Å². The normalized spacial score (nSPS) is 18.2. The molecular formula is C22H23NO6. The van der Waals surface area contributed by atoms with E-state index in [1.54, 1.807) is 0 Å². The standard InChI is InChI=1S/C11H11NO4.C11H12O2/c1-11(2)6-9(13)8-5-7(12(14)15)3-4-10(8)16-11;1-11(2)7-9(12)8-5-3-4-6-10(8)13-11/h3-5H,6H2,1-2H3;3-6H,7H2,1-2H3. The molecule has 29 heavy (non-hydrogen) atoms. The van der Waals surface area contributed by atoms with Crippen LogP contribution >= 0.6 is 0 Å². The summed E-state index contributed by atoms with van der Waals surface area (Å²) in [6, 6.07) is 11.5. The molecule has 0 saturated carbocycles. The van der Waals surface area contributed by atoms with Crippen molar-refractivity contribution < 1.29 is 24.0 Å². The van der Waals surface area contributed by atoms with Crippen molar-refractivity contribution in [1.29, 1.82) is 0 Å². The highest BCUT2D eigenvalue weighted by molar-refractivity contribution is 6.01. The van der Waals surface area contributed by atoms with Crippen LogP contribution in [0.25, 0.3) is 0 Å². The molecule has 7 nitrogen and oxygen atoms in total. The van der Waals surface area contributed by atoms with Gasteiger partial charge >= 0.3 is 0 Å². The number of ether oxygens (including phenoxy) is 2. The fourth-order valence-electron chi connectivity index (χ4n) is 3.36. The van der Waals surface area contributed by atoms with Crippen LogP contribution in [0, 0.1) is 10.1 Å². The first-order valence-electron chi connectivity index (χ1n) is 9.29. The van der Waals surface area contributed by atoms with Crippen LogP contribution in [0.3, 0.4) is 0 Å². The molecular weight excluding hydrogens is 374 g/mol. The second-order valence-electron chi connectivity index (χ2n) is 8.36. The van der Waals surface area contributed by atoms with Gasteiger partial charge < -0.3 is 9.47 Å². The summed E-state index contributed by atoms with van der Waals surface area (Å²) in [5.74, 6) is 1.19. The predicted molar refractivity (Wildman–Crippen MR) is 107 cm³/mol. The number of non-ortho nitro benzene ring substituents is 1. The second-order valence-corrected chi connectivity index (χ2v) is 8.36. The molecule has 0 aromatic heterocycles. The SMILES string of the molecule is CC1(C)CC(=O)c2cc([N+](=O)[O-])ccc2O1.CC1(C)CC(=O)c2ccccc2O1. The summed E-state index contributed by atoms with van der Waals surface area (Å²) in [6.45, 7) is 7.49. The van der Waals surface area contributed by atoms with Gasteiger partial charge in [-0.15, -0.1) is 0 Å². The van der Waals surface area contributed by atoms with Gasteiger partial charge in [0.05, 0.1) is 28.9 Å². The fourth-order valence-corrected chi connectivity index (χ4v) is 3.36. The van der Waals surface area contributed by atoms with E-state index < -0.39 is 10.5 Å².